The topological polar surface area (TPSA) is 40.6 Å². The van der Waals surface area contributed by atoms with Crippen molar-refractivity contribution in [2.24, 2.45) is 0 Å². The summed E-state index contributed by atoms with van der Waals surface area (Å²) < 4.78 is 28.5. The minimum Gasteiger partial charge on any atom is -0.301 e. The van der Waals surface area contributed by atoms with Crippen LogP contribution in [0.15, 0.2) is 32.0 Å². The molecule has 1 fully saturated rings. The molecule has 1 heterocycles. The van der Waals surface area contributed by atoms with Crippen molar-refractivity contribution >= 4 is 41.9 Å². The molecule has 1 aliphatic heterocycles. The van der Waals surface area contributed by atoms with Crippen LogP contribution >= 0.6 is 31.9 Å². The number of likely N-dealkylation sites (N-methyl/N-ethyl adjacent to an activating group) is 1. The first-order valence-electron chi connectivity index (χ1n) is 6.51. The summed E-state index contributed by atoms with van der Waals surface area (Å²) in [5, 5.41) is 0. The van der Waals surface area contributed by atoms with Gasteiger partial charge in [-0.2, -0.15) is 4.31 Å². The Balaban J connectivity index is 2.31. The Morgan fingerprint density at radius 2 is 2.00 bits per heavy atom. The van der Waals surface area contributed by atoms with Crippen molar-refractivity contribution < 1.29 is 8.42 Å². The van der Waals surface area contributed by atoms with E-state index in [1.54, 1.807) is 22.5 Å². The van der Waals surface area contributed by atoms with Crippen LogP contribution in [0.2, 0.25) is 0 Å². The Hall–Kier alpha value is 0.0500. The number of rotatable bonds is 3. The van der Waals surface area contributed by atoms with Gasteiger partial charge < -0.3 is 4.90 Å². The van der Waals surface area contributed by atoms with Gasteiger partial charge in [-0.25, -0.2) is 8.42 Å². The highest BCUT2D eigenvalue weighted by molar-refractivity contribution is 9.11. The van der Waals surface area contributed by atoms with Crippen molar-refractivity contribution in [3.63, 3.8) is 0 Å². The van der Waals surface area contributed by atoms with E-state index in [0.717, 1.165) is 17.4 Å². The molecule has 4 nitrogen and oxygen atoms in total. The largest absolute Gasteiger partial charge is 0.301 e. The van der Waals surface area contributed by atoms with Crippen LogP contribution in [-0.2, 0) is 10.0 Å². The van der Waals surface area contributed by atoms with Crippen molar-refractivity contribution in [1.82, 2.24) is 9.21 Å². The standard InChI is InChI=1S/C13H18Br2N2O2S/c1-3-11-9-17(7-6-16(11)2)20(18,19)13-5-4-10(14)8-12(13)15/h4-5,8,11H,3,6-7,9H2,1-2H3. The molecule has 0 bridgehead atoms. The summed E-state index contributed by atoms with van der Waals surface area (Å²) in [5.41, 5.74) is 0. The second-order valence-electron chi connectivity index (χ2n) is 4.98. The van der Waals surface area contributed by atoms with E-state index >= 15 is 0 Å². The van der Waals surface area contributed by atoms with Crippen LogP contribution in [0.1, 0.15) is 13.3 Å². The Labute approximate surface area is 137 Å². The van der Waals surface area contributed by atoms with E-state index in [4.69, 9.17) is 0 Å². The lowest BCUT2D eigenvalue weighted by atomic mass is 10.1. The molecule has 0 spiro atoms. The van der Waals surface area contributed by atoms with Gasteiger partial charge in [-0.05, 0) is 47.6 Å². The van der Waals surface area contributed by atoms with E-state index < -0.39 is 10.0 Å². The number of benzene rings is 1. The van der Waals surface area contributed by atoms with Gasteiger partial charge in [0.15, 0.2) is 0 Å². The third kappa shape index (κ3) is 3.27. The van der Waals surface area contributed by atoms with Crippen molar-refractivity contribution in [3.8, 4) is 0 Å². The molecule has 0 amide bonds. The summed E-state index contributed by atoms with van der Waals surface area (Å²) in [6, 6.07) is 5.45. The zero-order valence-electron chi connectivity index (χ0n) is 11.5. The third-order valence-corrected chi connectivity index (χ3v) is 7.06. The minimum atomic E-state index is -3.44. The lowest BCUT2D eigenvalue weighted by Gasteiger charge is -2.38. The predicted molar refractivity (Wildman–Crippen MR) is 87.3 cm³/mol. The van der Waals surface area contributed by atoms with Gasteiger partial charge in [0.25, 0.3) is 0 Å². The van der Waals surface area contributed by atoms with Gasteiger partial charge in [-0.1, -0.05) is 22.9 Å². The molecule has 0 aromatic heterocycles. The molecule has 7 heteroatoms. The molecule has 0 saturated carbocycles. The molecular weight excluding hydrogens is 408 g/mol. The van der Waals surface area contributed by atoms with Crippen LogP contribution in [0.3, 0.4) is 0 Å². The van der Waals surface area contributed by atoms with Crippen molar-refractivity contribution in [2.75, 3.05) is 26.7 Å². The second-order valence-corrected chi connectivity index (χ2v) is 8.66. The normalized spacial score (nSPS) is 22.1. The van der Waals surface area contributed by atoms with E-state index in [0.29, 0.717) is 22.5 Å². The zero-order valence-corrected chi connectivity index (χ0v) is 15.5. The fraction of sp³-hybridized carbons (Fsp3) is 0.538. The molecule has 1 aromatic carbocycles. The highest BCUT2D eigenvalue weighted by atomic mass is 79.9. The number of halogens is 2. The first-order valence-corrected chi connectivity index (χ1v) is 9.54. The molecule has 1 atom stereocenters. The van der Waals surface area contributed by atoms with Gasteiger partial charge in [0.1, 0.15) is 0 Å². The monoisotopic (exact) mass is 424 g/mol. The summed E-state index contributed by atoms with van der Waals surface area (Å²) in [6.07, 6.45) is 0.948. The van der Waals surface area contributed by atoms with Crippen LogP contribution in [0, 0.1) is 0 Å². The molecule has 1 aliphatic rings. The van der Waals surface area contributed by atoms with E-state index in [2.05, 4.69) is 43.7 Å². The van der Waals surface area contributed by atoms with Gasteiger partial charge in [0, 0.05) is 34.6 Å². The van der Waals surface area contributed by atoms with Crippen LogP contribution in [0.4, 0.5) is 0 Å². The van der Waals surface area contributed by atoms with E-state index in [9.17, 15) is 8.42 Å². The van der Waals surface area contributed by atoms with E-state index in [-0.39, 0.29) is 6.04 Å². The van der Waals surface area contributed by atoms with Crippen molar-refractivity contribution in [2.45, 2.75) is 24.3 Å². The molecule has 1 saturated heterocycles. The maximum atomic E-state index is 12.7. The Kier molecular flexibility index (Phi) is 5.29. The number of nitrogens with zero attached hydrogens (tertiary/aromatic N) is 2. The first-order chi connectivity index (χ1) is 9.36. The van der Waals surface area contributed by atoms with Crippen LogP contribution < -0.4 is 0 Å². The lowest BCUT2D eigenvalue weighted by molar-refractivity contribution is 0.144. The molecular formula is C13H18Br2N2O2S. The zero-order chi connectivity index (χ0) is 14.9. The molecule has 0 N–H and O–H groups in total. The quantitative estimate of drug-likeness (QED) is 0.747. The summed E-state index contributed by atoms with van der Waals surface area (Å²) in [6.45, 7) is 3.95. The fourth-order valence-corrected chi connectivity index (χ4v) is 5.57. The smallest absolute Gasteiger partial charge is 0.244 e. The lowest BCUT2D eigenvalue weighted by Crippen LogP contribution is -2.52. The maximum Gasteiger partial charge on any atom is 0.244 e. The number of piperazine rings is 1. The predicted octanol–water partition coefficient (Wildman–Crippen LogP) is 2.93. The SMILES string of the molecule is CCC1CN(S(=O)(=O)c2ccc(Br)cc2Br)CCN1C. The van der Waals surface area contributed by atoms with Gasteiger partial charge >= 0.3 is 0 Å². The van der Waals surface area contributed by atoms with Crippen molar-refractivity contribution in [1.29, 1.82) is 0 Å². The van der Waals surface area contributed by atoms with Crippen LogP contribution in [-0.4, -0.2) is 50.3 Å². The molecule has 1 unspecified atom stereocenters. The maximum absolute atomic E-state index is 12.7. The average molecular weight is 426 g/mol. The summed E-state index contributed by atoms with van der Waals surface area (Å²) in [4.78, 5) is 2.56. The molecule has 2 rings (SSSR count). The van der Waals surface area contributed by atoms with Gasteiger partial charge in [-0.3, -0.25) is 0 Å². The summed E-state index contributed by atoms with van der Waals surface area (Å²) in [7, 11) is -1.39. The Morgan fingerprint density at radius 3 is 2.60 bits per heavy atom. The minimum absolute atomic E-state index is 0.285. The molecule has 0 aliphatic carbocycles. The van der Waals surface area contributed by atoms with Gasteiger partial charge in [0.05, 0.1) is 4.90 Å². The number of hydrogen-bond acceptors (Lipinski definition) is 3. The van der Waals surface area contributed by atoms with Gasteiger partial charge in [-0.15, -0.1) is 0 Å². The third-order valence-electron chi connectivity index (χ3n) is 3.72. The van der Waals surface area contributed by atoms with Crippen molar-refractivity contribution in [3.05, 3.63) is 27.1 Å². The first kappa shape index (κ1) is 16.4. The number of hydrogen-bond donors (Lipinski definition) is 0. The average Bonchev–Trinajstić information content (AvgIpc) is 2.38. The fourth-order valence-electron chi connectivity index (χ4n) is 2.40. The van der Waals surface area contributed by atoms with Gasteiger partial charge in [0.2, 0.25) is 10.0 Å². The van der Waals surface area contributed by atoms with E-state index in [1.807, 2.05) is 7.05 Å². The highest BCUT2D eigenvalue weighted by Gasteiger charge is 2.32. The number of sulfonamides is 1. The molecule has 0 radical (unpaired) electrons. The van der Waals surface area contributed by atoms with Crippen LogP contribution in [0.5, 0.6) is 0 Å². The summed E-state index contributed by atoms with van der Waals surface area (Å²) in [5.74, 6) is 0. The Morgan fingerprint density at radius 1 is 1.30 bits per heavy atom. The molecule has 1 aromatic rings. The van der Waals surface area contributed by atoms with E-state index in [1.165, 1.54) is 0 Å². The molecule has 112 valence electrons. The van der Waals surface area contributed by atoms with Crippen LogP contribution in [0.25, 0.3) is 0 Å². The molecule has 20 heavy (non-hydrogen) atoms. The highest BCUT2D eigenvalue weighted by Crippen LogP contribution is 2.29. The Bertz CT molecular complexity index is 592. The second kappa shape index (κ2) is 6.44. The summed E-state index contributed by atoms with van der Waals surface area (Å²) >= 11 is 6.69.